The third-order valence-electron chi connectivity index (χ3n) is 3.61. The van der Waals surface area contributed by atoms with Crippen molar-refractivity contribution in [2.75, 3.05) is 13.7 Å². The lowest BCUT2D eigenvalue weighted by molar-refractivity contribution is 0.00250. The van der Waals surface area contributed by atoms with E-state index >= 15 is 0 Å². The van der Waals surface area contributed by atoms with Gasteiger partial charge >= 0.3 is 5.97 Å². The number of benzene rings is 1. The summed E-state index contributed by atoms with van der Waals surface area (Å²) in [5.41, 5.74) is 3.01. The normalized spacial score (nSPS) is 12.2. The molecular formula is C18H28O3. The van der Waals surface area contributed by atoms with Crippen molar-refractivity contribution in [1.82, 2.24) is 0 Å². The zero-order valence-corrected chi connectivity index (χ0v) is 13.8. The highest BCUT2D eigenvalue weighted by molar-refractivity contribution is 5.90. The molecular weight excluding hydrogens is 264 g/mol. The maximum atomic E-state index is 12.4. The lowest BCUT2D eigenvalue weighted by Gasteiger charge is -2.17. The van der Waals surface area contributed by atoms with Crippen molar-refractivity contribution >= 4 is 5.97 Å². The van der Waals surface area contributed by atoms with Gasteiger partial charge in [0.2, 0.25) is 0 Å². The molecule has 0 amide bonds. The van der Waals surface area contributed by atoms with E-state index in [1.165, 1.54) is 11.1 Å². The first-order chi connectivity index (χ1) is 10.1. The molecule has 21 heavy (non-hydrogen) atoms. The van der Waals surface area contributed by atoms with Crippen LogP contribution in [0.5, 0.6) is 0 Å². The first kappa shape index (κ1) is 17.7. The van der Waals surface area contributed by atoms with Crippen LogP contribution in [0.2, 0.25) is 0 Å². The van der Waals surface area contributed by atoms with Crippen LogP contribution in [-0.4, -0.2) is 25.8 Å². The van der Waals surface area contributed by atoms with Crippen LogP contribution < -0.4 is 0 Å². The highest BCUT2D eigenvalue weighted by atomic mass is 16.6. The molecule has 1 unspecified atom stereocenters. The predicted octanol–water partition coefficient (Wildman–Crippen LogP) is 4.17. The van der Waals surface area contributed by atoms with Crippen molar-refractivity contribution in [3.63, 3.8) is 0 Å². The summed E-state index contributed by atoms with van der Waals surface area (Å²) >= 11 is 0. The minimum absolute atomic E-state index is 0.155. The van der Waals surface area contributed by atoms with Crippen molar-refractivity contribution < 1.29 is 14.3 Å². The van der Waals surface area contributed by atoms with Gasteiger partial charge in [-0.25, -0.2) is 4.79 Å². The van der Waals surface area contributed by atoms with E-state index in [0.717, 1.165) is 32.1 Å². The van der Waals surface area contributed by atoms with E-state index in [4.69, 9.17) is 9.47 Å². The summed E-state index contributed by atoms with van der Waals surface area (Å²) in [4.78, 5) is 12.4. The Kier molecular flexibility index (Phi) is 8.06. The number of methoxy groups -OCH3 is 1. The molecule has 0 spiro atoms. The molecule has 0 radical (unpaired) electrons. The summed E-state index contributed by atoms with van der Waals surface area (Å²) in [7, 11) is 1.64. The zero-order valence-electron chi connectivity index (χ0n) is 13.8. The van der Waals surface area contributed by atoms with Gasteiger partial charge in [0.1, 0.15) is 6.10 Å². The van der Waals surface area contributed by atoms with Crippen LogP contribution in [0.25, 0.3) is 0 Å². The number of carbonyl (C=O) groups excluding carboxylic acids is 1. The van der Waals surface area contributed by atoms with Gasteiger partial charge in [0.25, 0.3) is 0 Å². The first-order valence-corrected chi connectivity index (χ1v) is 7.97. The molecule has 0 saturated carbocycles. The van der Waals surface area contributed by atoms with Gasteiger partial charge in [-0.05, 0) is 48.9 Å². The molecule has 0 fully saturated rings. The molecule has 0 heterocycles. The number of aryl methyl sites for hydroxylation is 2. The smallest absolute Gasteiger partial charge is 0.338 e. The summed E-state index contributed by atoms with van der Waals surface area (Å²) in [5, 5.41) is 0. The van der Waals surface area contributed by atoms with Crippen LogP contribution in [0.1, 0.15) is 61.5 Å². The Balaban J connectivity index is 2.80. The second-order valence-corrected chi connectivity index (χ2v) is 5.37. The second-order valence-electron chi connectivity index (χ2n) is 5.37. The topological polar surface area (TPSA) is 35.5 Å². The third-order valence-corrected chi connectivity index (χ3v) is 3.61. The fourth-order valence-corrected chi connectivity index (χ4v) is 2.30. The maximum absolute atomic E-state index is 12.4. The Bertz CT molecular complexity index is 418. The van der Waals surface area contributed by atoms with Crippen molar-refractivity contribution in [1.29, 1.82) is 0 Å². The van der Waals surface area contributed by atoms with Crippen LogP contribution in [0, 0.1) is 0 Å². The van der Waals surface area contributed by atoms with E-state index in [2.05, 4.69) is 26.8 Å². The molecule has 0 bridgehead atoms. The van der Waals surface area contributed by atoms with Crippen LogP contribution in [-0.2, 0) is 22.3 Å². The molecule has 0 saturated heterocycles. The molecule has 1 aromatic carbocycles. The molecule has 0 aliphatic rings. The third kappa shape index (κ3) is 5.88. The molecule has 3 heteroatoms. The SMILES string of the molecule is CCCCC(COC)OC(=O)c1cc(CC)cc(CC)c1. The van der Waals surface area contributed by atoms with Crippen molar-refractivity contribution in [3.8, 4) is 0 Å². The Hall–Kier alpha value is -1.35. The molecule has 118 valence electrons. The van der Waals surface area contributed by atoms with E-state index in [9.17, 15) is 4.79 Å². The molecule has 0 aromatic heterocycles. The van der Waals surface area contributed by atoms with Crippen LogP contribution in [0.4, 0.5) is 0 Å². The minimum atomic E-state index is -0.238. The Morgan fingerprint density at radius 3 is 2.19 bits per heavy atom. The number of rotatable bonds is 9. The van der Waals surface area contributed by atoms with Gasteiger partial charge in [-0.2, -0.15) is 0 Å². The summed E-state index contributed by atoms with van der Waals surface area (Å²) in [5.74, 6) is -0.238. The summed E-state index contributed by atoms with van der Waals surface area (Å²) in [6, 6.07) is 6.02. The zero-order chi connectivity index (χ0) is 15.7. The molecule has 3 nitrogen and oxygen atoms in total. The molecule has 0 N–H and O–H groups in total. The lowest BCUT2D eigenvalue weighted by Crippen LogP contribution is -2.23. The highest BCUT2D eigenvalue weighted by Gasteiger charge is 2.16. The van der Waals surface area contributed by atoms with Gasteiger partial charge in [0, 0.05) is 7.11 Å². The van der Waals surface area contributed by atoms with E-state index in [1.54, 1.807) is 7.11 Å². The van der Waals surface area contributed by atoms with Crippen molar-refractivity contribution in [2.45, 2.75) is 59.0 Å². The Labute approximate surface area is 128 Å². The molecule has 0 aliphatic heterocycles. The average molecular weight is 292 g/mol. The highest BCUT2D eigenvalue weighted by Crippen LogP contribution is 2.15. The number of hydrogen-bond donors (Lipinski definition) is 0. The van der Waals surface area contributed by atoms with Crippen LogP contribution in [0.3, 0.4) is 0 Å². The fourth-order valence-electron chi connectivity index (χ4n) is 2.30. The van der Waals surface area contributed by atoms with Crippen LogP contribution >= 0.6 is 0 Å². The largest absolute Gasteiger partial charge is 0.456 e. The molecule has 1 atom stereocenters. The summed E-state index contributed by atoms with van der Waals surface area (Å²) < 4.78 is 10.8. The molecule has 1 aromatic rings. The number of unbranched alkanes of at least 4 members (excludes halogenated alkanes) is 1. The van der Waals surface area contributed by atoms with Crippen LogP contribution in [0.15, 0.2) is 18.2 Å². The quantitative estimate of drug-likeness (QED) is 0.641. The molecule has 0 aliphatic carbocycles. The van der Waals surface area contributed by atoms with Gasteiger partial charge in [-0.1, -0.05) is 33.3 Å². The monoisotopic (exact) mass is 292 g/mol. The fraction of sp³-hybridized carbons (Fsp3) is 0.611. The van der Waals surface area contributed by atoms with E-state index in [0.29, 0.717) is 12.2 Å². The van der Waals surface area contributed by atoms with Gasteiger partial charge in [-0.15, -0.1) is 0 Å². The Morgan fingerprint density at radius 1 is 1.10 bits per heavy atom. The van der Waals surface area contributed by atoms with E-state index in [1.807, 2.05) is 12.1 Å². The predicted molar refractivity (Wildman–Crippen MR) is 85.8 cm³/mol. The number of hydrogen-bond acceptors (Lipinski definition) is 3. The summed E-state index contributed by atoms with van der Waals surface area (Å²) in [6.45, 7) is 6.78. The number of carbonyl (C=O) groups is 1. The van der Waals surface area contributed by atoms with Gasteiger partial charge in [-0.3, -0.25) is 0 Å². The maximum Gasteiger partial charge on any atom is 0.338 e. The number of esters is 1. The van der Waals surface area contributed by atoms with Crippen molar-refractivity contribution in [2.24, 2.45) is 0 Å². The summed E-state index contributed by atoms with van der Waals surface area (Å²) in [6.07, 6.45) is 4.67. The lowest BCUT2D eigenvalue weighted by atomic mass is 10.0. The molecule has 1 rings (SSSR count). The second kappa shape index (κ2) is 9.56. The van der Waals surface area contributed by atoms with Gasteiger partial charge < -0.3 is 9.47 Å². The minimum Gasteiger partial charge on any atom is -0.456 e. The Morgan fingerprint density at radius 2 is 1.71 bits per heavy atom. The van der Waals surface area contributed by atoms with Gasteiger partial charge in [0.15, 0.2) is 0 Å². The average Bonchev–Trinajstić information content (AvgIpc) is 2.52. The van der Waals surface area contributed by atoms with E-state index < -0.39 is 0 Å². The van der Waals surface area contributed by atoms with Crippen molar-refractivity contribution in [3.05, 3.63) is 34.9 Å². The van der Waals surface area contributed by atoms with Gasteiger partial charge in [0.05, 0.1) is 12.2 Å². The first-order valence-electron chi connectivity index (χ1n) is 7.97. The number of ether oxygens (including phenoxy) is 2. The van der Waals surface area contributed by atoms with E-state index in [-0.39, 0.29) is 12.1 Å². The standard InChI is InChI=1S/C18H28O3/c1-5-8-9-17(13-20-4)21-18(19)16-11-14(6-2)10-15(7-3)12-16/h10-12,17H,5-9,13H2,1-4H3.